The highest BCUT2D eigenvalue weighted by molar-refractivity contribution is 6.40. The molecule has 90 valence electrons. The summed E-state index contributed by atoms with van der Waals surface area (Å²) < 4.78 is 7.28. The van der Waals surface area contributed by atoms with E-state index in [2.05, 4.69) is 5.10 Å². The third-order valence-corrected chi connectivity index (χ3v) is 3.03. The van der Waals surface area contributed by atoms with Crippen molar-refractivity contribution >= 4 is 34.8 Å². The molecule has 2 rings (SSSR count). The van der Waals surface area contributed by atoms with Crippen molar-refractivity contribution in [2.24, 2.45) is 7.05 Å². The number of ether oxygens (including phenoxy) is 1. The zero-order valence-electron chi connectivity index (χ0n) is 8.95. The second-order valence-corrected chi connectivity index (χ2v) is 4.68. The topological polar surface area (TPSA) is 27.1 Å². The standard InChI is InChI=1S/C11H9Cl3N2O/c1-16-8(2-3-15-16)6-17-11-9(13)4-7(12)5-10(11)14/h2-5H,6H2,1H3. The molecular weight excluding hydrogens is 282 g/mol. The average molecular weight is 292 g/mol. The van der Waals surface area contributed by atoms with Crippen LogP contribution in [0.15, 0.2) is 24.4 Å². The molecular formula is C11H9Cl3N2O. The lowest BCUT2D eigenvalue weighted by Gasteiger charge is -2.10. The summed E-state index contributed by atoms with van der Waals surface area (Å²) in [5.41, 5.74) is 0.923. The monoisotopic (exact) mass is 290 g/mol. The first-order valence-electron chi connectivity index (χ1n) is 4.82. The van der Waals surface area contributed by atoms with Crippen molar-refractivity contribution in [1.29, 1.82) is 0 Å². The fraction of sp³-hybridized carbons (Fsp3) is 0.182. The summed E-state index contributed by atoms with van der Waals surface area (Å²) in [6.45, 7) is 0.345. The second-order valence-electron chi connectivity index (χ2n) is 3.43. The Balaban J connectivity index is 2.17. The third kappa shape index (κ3) is 2.86. The van der Waals surface area contributed by atoms with Crippen LogP contribution in [0.5, 0.6) is 5.75 Å². The van der Waals surface area contributed by atoms with Crippen LogP contribution in [0.4, 0.5) is 0 Å². The van der Waals surface area contributed by atoms with Crippen molar-refractivity contribution in [3.05, 3.63) is 45.2 Å². The minimum atomic E-state index is 0.345. The predicted octanol–water partition coefficient (Wildman–Crippen LogP) is 3.96. The summed E-state index contributed by atoms with van der Waals surface area (Å²) >= 11 is 17.8. The Hall–Kier alpha value is -0.900. The third-order valence-electron chi connectivity index (χ3n) is 2.25. The molecule has 0 unspecified atom stereocenters. The van der Waals surface area contributed by atoms with Gasteiger partial charge in [-0.1, -0.05) is 34.8 Å². The summed E-state index contributed by atoms with van der Waals surface area (Å²) in [6.07, 6.45) is 1.70. The molecule has 0 radical (unpaired) electrons. The number of benzene rings is 1. The molecule has 0 fully saturated rings. The molecule has 0 spiro atoms. The van der Waals surface area contributed by atoms with Gasteiger partial charge in [-0.05, 0) is 18.2 Å². The highest BCUT2D eigenvalue weighted by Crippen LogP contribution is 2.36. The van der Waals surface area contributed by atoms with Crippen molar-refractivity contribution in [2.75, 3.05) is 0 Å². The number of nitrogens with zero attached hydrogens (tertiary/aromatic N) is 2. The number of aromatic nitrogens is 2. The van der Waals surface area contributed by atoms with Crippen molar-refractivity contribution in [2.45, 2.75) is 6.61 Å². The van der Waals surface area contributed by atoms with Gasteiger partial charge >= 0.3 is 0 Å². The zero-order valence-corrected chi connectivity index (χ0v) is 11.2. The molecule has 3 nitrogen and oxygen atoms in total. The minimum Gasteiger partial charge on any atom is -0.484 e. The molecule has 0 N–H and O–H groups in total. The van der Waals surface area contributed by atoms with Gasteiger partial charge in [0.15, 0.2) is 5.75 Å². The normalized spacial score (nSPS) is 10.6. The molecule has 0 atom stereocenters. The van der Waals surface area contributed by atoms with Crippen molar-refractivity contribution in [3.8, 4) is 5.75 Å². The summed E-state index contributed by atoms with van der Waals surface area (Å²) in [4.78, 5) is 0. The molecule has 0 aliphatic heterocycles. The van der Waals surface area contributed by atoms with Gasteiger partial charge in [-0.25, -0.2) is 0 Å². The van der Waals surface area contributed by atoms with Crippen molar-refractivity contribution < 1.29 is 4.74 Å². The SMILES string of the molecule is Cn1nccc1COc1c(Cl)cc(Cl)cc1Cl. The molecule has 0 aliphatic rings. The molecule has 6 heteroatoms. The molecule has 0 aliphatic carbocycles. The summed E-state index contributed by atoms with van der Waals surface area (Å²) in [5.74, 6) is 0.430. The molecule has 0 saturated heterocycles. The van der Waals surface area contributed by atoms with Gasteiger partial charge < -0.3 is 4.74 Å². The van der Waals surface area contributed by atoms with E-state index in [-0.39, 0.29) is 0 Å². The Kier molecular flexibility index (Phi) is 3.82. The number of hydrogen-bond acceptors (Lipinski definition) is 2. The van der Waals surface area contributed by atoms with Gasteiger partial charge in [0.2, 0.25) is 0 Å². The second kappa shape index (κ2) is 5.17. The first-order valence-corrected chi connectivity index (χ1v) is 5.95. The smallest absolute Gasteiger partial charge is 0.157 e. The van der Waals surface area contributed by atoms with Crippen molar-refractivity contribution in [3.63, 3.8) is 0 Å². The Bertz CT molecular complexity index is 516. The lowest BCUT2D eigenvalue weighted by molar-refractivity contribution is 0.295. The Morgan fingerprint density at radius 1 is 1.24 bits per heavy atom. The number of hydrogen-bond donors (Lipinski definition) is 0. The lowest BCUT2D eigenvalue weighted by atomic mass is 10.3. The van der Waals surface area contributed by atoms with Gasteiger partial charge in [-0.2, -0.15) is 5.10 Å². The van der Waals surface area contributed by atoms with Crippen molar-refractivity contribution in [1.82, 2.24) is 9.78 Å². The van der Waals surface area contributed by atoms with Crippen LogP contribution in [0.2, 0.25) is 15.1 Å². The van der Waals surface area contributed by atoms with Crippen LogP contribution in [0.1, 0.15) is 5.69 Å². The van der Waals surface area contributed by atoms with E-state index in [9.17, 15) is 0 Å². The number of halogens is 3. The van der Waals surface area contributed by atoms with E-state index < -0.39 is 0 Å². The van der Waals surface area contributed by atoms with Gasteiger partial charge in [0.25, 0.3) is 0 Å². The van der Waals surface area contributed by atoms with E-state index in [4.69, 9.17) is 39.5 Å². The van der Waals surface area contributed by atoms with Crippen LogP contribution in [0.25, 0.3) is 0 Å². The average Bonchev–Trinajstić information content (AvgIpc) is 2.62. The van der Waals surface area contributed by atoms with Gasteiger partial charge in [0.1, 0.15) is 6.61 Å². The largest absolute Gasteiger partial charge is 0.484 e. The maximum atomic E-state index is 6.00. The van der Waals surface area contributed by atoms with E-state index in [1.54, 1.807) is 23.0 Å². The summed E-state index contributed by atoms with van der Waals surface area (Å²) in [7, 11) is 1.84. The van der Waals surface area contributed by atoms with Gasteiger partial charge in [-0.15, -0.1) is 0 Å². The highest BCUT2D eigenvalue weighted by Gasteiger charge is 2.10. The predicted molar refractivity (Wildman–Crippen MR) is 69.0 cm³/mol. The van der Waals surface area contributed by atoms with E-state index in [0.29, 0.717) is 27.4 Å². The molecule has 0 amide bonds. The zero-order chi connectivity index (χ0) is 12.4. The Labute approximate surface area is 114 Å². The molecule has 1 aromatic heterocycles. The fourth-order valence-electron chi connectivity index (χ4n) is 1.36. The van der Waals surface area contributed by atoms with Crippen LogP contribution < -0.4 is 4.74 Å². The van der Waals surface area contributed by atoms with Crippen LogP contribution in [-0.4, -0.2) is 9.78 Å². The van der Waals surface area contributed by atoms with E-state index in [1.165, 1.54) is 0 Å². The van der Waals surface area contributed by atoms with Gasteiger partial charge in [-0.3, -0.25) is 4.68 Å². The molecule has 0 saturated carbocycles. The first kappa shape index (κ1) is 12.6. The van der Waals surface area contributed by atoms with E-state index >= 15 is 0 Å². The quantitative estimate of drug-likeness (QED) is 0.856. The Morgan fingerprint density at radius 2 is 1.88 bits per heavy atom. The maximum Gasteiger partial charge on any atom is 0.157 e. The summed E-state index contributed by atoms with van der Waals surface area (Å²) in [5, 5.41) is 5.30. The molecule has 2 aromatic rings. The van der Waals surface area contributed by atoms with E-state index in [0.717, 1.165) is 5.69 Å². The highest BCUT2D eigenvalue weighted by atomic mass is 35.5. The van der Waals surface area contributed by atoms with Gasteiger partial charge in [0.05, 0.1) is 15.7 Å². The molecule has 0 bridgehead atoms. The molecule has 1 aromatic carbocycles. The first-order chi connectivity index (χ1) is 8.08. The van der Waals surface area contributed by atoms with Crippen LogP contribution >= 0.6 is 34.8 Å². The van der Waals surface area contributed by atoms with Gasteiger partial charge in [0, 0.05) is 18.3 Å². The lowest BCUT2D eigenvalue weighted by Crippen LogP contribution is -2.03. The molecule has 1 heterocycles. The number of aryl methyl sites for hydroxylation is 1. The fourth-order valence-corrected chi connectivity index (χ4v) is 2.28. The van der Waals surface area contributed by atoms with Crippen LogP contribution in [0.3, 0.4) is 0 Å². The summed E-state index contributed by atoms with van der Waals surface area (Å²) in [6, 6.07) is 5.04. The van der Waals surface area contributed by atoms with Crippen LogP contribution in [-0.2, 0) is 13.7 Å². The minimum absolute atomic E-state index is 0.345. The number of rotatable bonds is 3. The van der Waals surface area contributed by atoms with E-state index in [1.807, 2.05) is 13.1 Å². The maximum absolute atomic E-state index is 6.00. The van der Waals surface area contributed by atoms with Crippen LogP contribution in [0, 0.1) is 0 Å². The Morgan fingerprint density at radius 3 is 2.41 bits per heavy atom. The molecule has 17 heavy (non-hydrogen) atoms.